The molecule has 0 bridgehead atoms. The first-order chi connectivity index (χ1) is 37.8. The zero-order valence-corrected chi connectivity index (χ0v) is 46.7. The van der Waals surface area contributed by atoms with Crippen molar-refractivity contribution >= 4 is 40.5 Å². The summed E-state index contributed by atoms with van der Waals surface area (Å²) in [4.78, 5) is 57.6. The number of hydrogen-bond donors (Lipinski definition) is 0. The Hall–Kier alpha value is -7.62. The van der Waals surface area contributed by atoms with Crippen LogP contribution < -0.4 is 33.6 Å². The quantitative estimate of drug-likeness (QED) is 0.0944. The second kappa shape index (κ2) is 22.1. The van der Waals surface area contributed by atoms with Crippen LogP contribution in [-0.4, -0.2) is 111 Å². The van der Waals surface area contributed by atoms with Crippen LogP contribution in [0, 0.1) is 12.7 Å². The lowest BCUT2D eigenvalue weighted by atomic mass is 9.95. The average molecular weight is 1110 g/mol. The van der Waals surface area contributed by atoms with Gasteiger partial charge in [0, 0.05) is 43.4 Å². The predicted octanol–water partition coefficient (Wildman–Crippen LogP) is 12.2. The minimum Gasteiger partial charge on any atom is -0.497 e. The molecule has 80 heavy (non-hydrogen) atoms. The smallest absolute Gasteiger partial charge is 0.425 e. The molecule has 6 aromatic rings. The summed E-state index contributed by atoms with van der Waals surface area (Å²) in [5.41, 5.74) is -4.53. The fourth-order valence-corrected chi connectivity index (χ4v) is 10.8. The van der Waals surface area contributed by atoms with Gasteiger partial charge in [0.25, 0.3) is 0 Å². The Morgan fingerprint density at radius 3 is 2.06 bits per heavy atom. The molecule has 17 nitrogen and oxygen atoms in total. The number of rotatable bonds is 14. The molecule has 2 aromatic carbocycles. The average Bonchev–Trinajstić information content (AvgIpc) is 4.06. The van der Waals surface area contributed by atoms with Crippen molar-refractivity contribution in [1.82, 2.24) is 29.8 Å². The van der Waals surface area contributed by atoms with Gasteiger partial charge >= 0.3 is 24.4 Å². The van der Waals surface area contributed by atoms with Gasteiger partial charge in [0.05, 0.1) is 43.1 Å². The maximum Gasteiger partial charge on any atom is 0.425 e. The van der Waals surface area contributed by atoms with Gasteiger partial charge in [0.15, 0.2) is 11.6 Å². The summed E-state index contributed by atoms with van der Waals surface area (Å²) in [5, 5.41) is -0.109. The number of nitrogens with zero attached hydrogens (tertiary/aromatic N) is 9. The second-order valence-corrected chi connectivity index (χ2v) is 22.5. The third kappa shape index (κ3) is 11.9. The molecule has 426 valence electrons. The van der Waals surface area contributed by atoms with Gasteiger partial charge in [-0.25, -0.2) is 33.3 Å². The van der Waals surface area contributed by atoms with Crippen LogP contribution >= 0.6 is 0 Å². The number of anilines is 3. The molecule has 2 fully saturated rings. The molecule has 0 aliphatic carbocycles. The normalized spacial score (nSPS) is 18.7. The number of fused-ring (bicyclic) bond motifs is 1. The number of halogens is 5. The van der Waals surface area contributed by atoms with E-state index >= 15 is 22.0 Å². The van der Waals surface area contributed by atoms with E-state index in [9.17, 15) is 9.59 Å². The van der Waals surface area contributed by atoms with E-state index in [2.05, 4.69) is 19.9 Å². The van der Waals surface area contributed by atoms with Gasteiger partial charge < -0.3 is 38.2 Å². The monoisotopic (exact) mass is 1110 g/mol. The molecule has 2 saturated heterocycles. The molecule has 0 unspecified atom stereocenters. The van der Waals surface area contributed by atoms with Gasteiger partial charge in [-0.15, -0.1) is 0 Å². The van der Waals surface area contributed by atoms with Gasteiger partial charge in [-0.2, -0.15) is 28.0 Å². The van der Waals surface area contributed by atoms with E-state index in [0.717, 1.165) is 17.5 Å². The van der Waals surface area contributed by atoms with E-state index in [1.807, 2.05) is 29.2 Å². The van der Waals surface area contributed by atoms with Gasteiger partial charge in [-0.1, -0.05) is 30.3 Å². The van der Waals surface area contributed by atoms with Gasteiger partial charge in [0.1, 0.15) is 70.3 Å². The van der Waals surface area contributed by atoms with Crippen molar-refractivity contribution in [3.8, 4) is 34.6 Å². The highest BCUT2D eigenvalue weighted by Crippen LogP contribution is 2.48. The van der Waals surface area contributed by atoms with Gasteiger partial charge in [-0.3, -0.25) is 4.90 Å². The maximum atomic E-state index is 18.3. The molecule has 0 spiro atoms. The van der Waals surface area contributed by atoms with Crippen LogP contribution in [0.15, 0.2) is 72.9 Å². The molecular weight excluding hydrogens is 1050 g/mol. The molecule has 3 aliphatic rings. The lowest BCUT2D eigenvalue weighted by molar-refractivity contribution is -0.137. The highest BCUT2D eigenvalue weighted by molar-refractivity contribution is 6.09. The molecule has 3 aliphatic heterocycles. The maximum absolute atomic E-state index is 18.3. The number of aromatic nitrogens is 5. The van der Waals surface area contributed by atoms with E-state index in [1.54, 1.807) is 102 Å². The van der Waals surface area contributed by atoms with Crippen LogP contribution in [0.2, 0.25) is 0 Å². The molecule has 0 saturated carbocycles. The Morgan fingerprint density at radius 1 is 0.875 bits per heavy atom. The Morgan fingerprint density at radius 2 is 1.49 bits per heavy atom. The van der Waals surface area contributed by atoms with Crippen molar-refractivity contribution in [1.29, 1.82) is 0 Å². The van der Waals surface area contributed by atoms with Gasteiger partial charge in [0.2, 0.25) is 5.88 Å². The van der Waals surface area contributed by atoms with Crippen LogP contribution in [-0.2, 0) is 28.7 Å². The molecule has 2 amide bonds. The zero-order chi connectivity index (χ0) is 57.6. The Labute approximate surface area is 461 Å². The minimum atomic E-state index is -5.07. The first-order valence-electron chi connectivity index (χ1n) is 26.4. The summed E-state index contributed by atoms with van der Waals surface area (Å²) >= 11 is 0. The molecule has 0 N–H and O–H groups in total. The summed E-state index contributed by atoms with van der Waals surface area (Å²) in [7, 11) is 3.08. The minimum absolute atomic E-state index is 0.00490. The fourth-order valence-electron chi connectivity index (χ4n) is 10.8. The molecule has 22 heteroatoms. The Kier molecular flexibility index (Phi) is 15.8. The topological polar surface area (TPSA) is 167 Å². The Balaban J connectivity index is 1.24. The number of amides is 2. The molecule has 4 atom stereocenters. The molecule has 0 radical (unpaired) electrons. The molecule has 7 heterocycles. The number of hydrogen-bond acceptors (Lipinski definition) is 16. The van der Waals surface area contributed by atoms with Crippen molar-refractivity contribution in [2.75, 3.05) is 55.2 Å². The van der Waals surface area contributed by atoms with Crippen LogP contribution in [0.5, 0.6) is 23.4 Å². The summed E-state index contributed by atoms with van der Waals surface area (Å²) in [6.07, 6.45) is -5.35. The van der Waals surface area contributed by atoms with Crippen molar-refractivity contribution < 1.29 is 60.0 Å². The number of ether oxygens (including phenoxy) is 6. The second-order valence-electron chi connectivity index (χ2n) is 22.5. The van der Waals surface area contributed by atoms with Crippen molar-refractivity contribution in [2.24, 2.45) is 0 Å². The Bertz CT molecular complexity index is 3190. The zero-order valence-electron chi connectivity index (χ0n) is 46.7. The van der Waals surface area contributed by atoms with Crippen molar-refractivity contribution in [3.63, 3.8) is 0 Å². The van der Waals surface area contributed by atoms with Crippen LogP contribution in [0.3, 0.4) is 0 Å². The third-order valence-corrected chi connectivity index (χ3v) is 14.3. The summed E-state index contributed by atoms with van der Waals surface area (Å²) < 4.78 is 116. The van der Waals surface area contributed by atoms with Crippen LogP contribution in [0.4, 0.5) is 49.0 Å². The van der Waals surface area contributed by atoms with Gasteiger partial charge in [-0.05, 0) is 129 Å². The number of aryl methyl sites for hydroxylation is 1. The molecular formula is C58H66F5N9O8. The van der Waals surface area contributed by atoms with E-state index < -0.39 is 87.2 Å². The highest BCUT2D eigenvalue weighted by atomic mass is 19.4. The number of benzene rings is 2. The van der Waals surface area contributed by atoms with E-state index in [0.29, 0.717) is 29.4 Å². The van der Waals surface area contributed by atoms with Crippen LogP contribution in [0.25, 0.3) is 22.2 Å². The lowest BCUT2D eigenvalue weighted by Gasteiger charge is -2.36. The first kappa shape index (κ1) is 57.1. The predicted molar refractivity (Wildman–Crippen MR) is 290 cm³/mol. The largest absolute Gasteiger partial charge is 0.497 e. The summed E-state index contributed by atoms with van der Waals surface area (Å²) in [6, 6.07) is 16.8. The molecule has 9 rings (SSSR count). The highest BCUT2D eigenvalue weighted by Gasteiger charge is 2.50. The van der Waals surface area contributed by atoms with Crippen molar-refractivity contribution in [2.45, 2.75) is 136 Å². The summed E-state index contributed by atoms with van der Waals surface area (Å²) in [6.45, 7) is 15.5. The summed E-state index contributed by atoms with van der Waals surface area (Å²) in [5.74, 6) is -0.416. The number of methoxy groups -OCH3 is 2. The lowest BCUT2D eigenvalue weighted by Crippen LogP contribution is -2.45. The number of carbonyl (C=O) groups is 2. The SMILES string of the molecule is COc1ccc(CN(Cc2ccc(OC)cc2)c2cc(-c3nc4c5c(nc(OC[C@@]67CCCN6C[C@H](F)C7)nc5c3F)N([C@H](C)c3cccnc3N(C(=O)OC(C)(C)C)C(=O)OC(C)(C)C)[C@@H](C)CO4)c(C(F)(F)F)c(C)n2)cc1. The van der Waals surface area contributed by atoms with Crippen LogP contribution in [0.1, 0.15) is 109 Å². The number of carbonyl (C=O) groups excluding carboxylic acids is 2. The van der Waals surface area contributed by atoms with E-state index in [4.69, 9.17) is 33.4 Å². The first-order valence-corrected chi connectivity index (χ1v) is 26.4. The van der Waals surface area contributed by atoms with E-state index in [-0.39, 0.29) is 79.6 Å². The fraction of sp³-hybridized carbons (Fsp3) is 0.466. The molecule has 4 aromatic heterocycles. The van der Waals surface area contributed by atoms with E-state index in [1.165, 1.54) is 33.4 Å². The number of pyridine rings is 3. The third-order valence-electron chi connectivity index (χ3n) is 14.3. The standard InChI is InChI=1S/C58H66F5N9O8/c1-33-31-77-51-44-48(46(60)47(66-51)42-26-43(65-34(2)45(42)58(61,62)63)69(28-36-15-19-39(75-10)20-16-36)29-37-17-21-40(76-11)22-18-37)67-52(78-32-57-23-13-25-70(57)30-38(59)27-57)68-50(44)71(33)35(3)41-14-12-24-64-49(41)72(53(73)79-55(4,5)6)54(74)80-56(7,8)9/h12,14-22,24,26,33,35,38H,13,23,25,27-32H2,1-11H3/t33-,35+,38+,57-/m0/s1. The number of alkyl halides is 4. The van der Waals surface area contributed by atoms with Crippen molar-refractivity contribution in [3.05, 3.63) is 107 Å². The number of imide groups is 1.